The van der Waals surface area contributed by atoms with Crippen molar-refractivity contribution in [1.82, 2.24) is 15.0 Å². The van der Waals surface area contributed by atoms with Crippen LogP contribution in [-0.4, -0.2) is 20.7 Å². The third-order valence-electron chi connectivity index (χ3n) is 1.88. The van der Waals surface area contributed by atoms with Crippen LogP contribution in [0.5, 0.6) is 0 Å². The van der Waals surface area contributed by atoms with Gasteiger partial charge in [-0.1, -0.05) is 0 Å². The molecular formula is C10H9N3O. The quantitative estimate of drug-likeness (QED) is 0.735. The molecule has 0 unspecified atom stereocenters. The minimum atomic E-state index is -0.0128. The number of rotatable bonds is 3. The van der Waals surface area contributed by atoms with Crippen molar-refractivity contribution in [2.24, 2.45) is 0 Å². The molecule has 0 spiro atoms. The Hall–Kier alpha value is -1.97. The smallest absolute Gasteiger partial charge is 0.202 e. The number of ketones is 1. The van der Waals surface area contributed by atoms with Gasteiger partial charge in [-0.25, -0.2) is 4.98 Å². The van der Waals surface area contributed by atoms with E-state index in [0.29, 0.717) is 12.2 Å². The van der Waals surface area contributed by atoms with Crippen LogP contribution in [0.25, 0.3) is 0 Å². The normalized spacial score (nSPS) is 10.0. The predicted octanol–water partition coefficient (Wildman–Crippen LogP) is 1.23. The van der Waals surface area contributed by atoms with E-state index >= 15 is 0 Å². The van der Waals surface area contributed by atoms with Crippen molar-refractivity contribution in [3.63, 3.8) is 0 Å². The monoisotopic (exact) mass is 187 g/mol. The lowest BCUT2D eigenvalue weighted by Gasteiger charge is -1.96. The van der Waals surface area contributed by atoms with Crippen molar-refractivity contribution in [1.29, 1.82) is 0 Å². The van der Waals surface area contributed by atoms with Gasteiger partial charge in [-0.05, 0) is 17.7 Å². The Bertz CT molecular complexity index is 408. The van der Waals surface area contributed by atoms with Crippen molar-refractivity contribution in [2.75, 3.05) is 0 Å². The largest absolute Gasteiger partial charge is 0.342 e. The molecule has 14 heavy (non-hydrogen) atoms. The summed E-state index contributed by atoms with van der Waals surface area (Å²) in [6.07, 6.45) is 6.91. The number of aromatic nitrogens is 3. The van der Waals surface area contributed by atoms with Gasteiger partial charge in [-0.15, -0.1) is 0 Å². The van der Waals surface area contributed by atoms with Crippen LogP contribution in [0, 0.1) is 0 Å². The topological polar surface area (TPSA) is 58.6 Å². The Morgan fingerprint density at radius 1 is 1.29 bits per heavy atom. The fraction of sp³-hybridized carbons (Fsp3) is 0.100. The number of hydrogen-bond donors (Lipinski definition) is 1. The number of Topliss-reactive ketones (excluding diaryl/α,β-unsaturated/α-hetero) is 1. The van der Waals surface area contributed by atoms with Gasteiger partial charge in [-0.2, -0.15) is 0 Å². The standard InChI is InChI=1S/C10H9N3O/c14-9(10-12-5-6-13-10)7-8-1-3-11-4-2-8/h1-6H,7H2,(H,12,13). The molecule has 0 atom stereocenters. The molecule has 0 radical (unpaired) electrons. The second-order valence-corrected chi connectivity index (χ2v) is 2.89. The summed E-state index contributed by atoms with van der Waals surface area (Å²) in [6.45, 7) is 0. The van der Waals surface area contributed by atoms with Crippen LogP contribution in [-0.2, 0) is 6.42 Å². The average molecular weight is 187 g/mol. The van der Waals surface area contributed by atoms with Crippen LogP contribution < -0.4 is 0 Å². The molecule has 1 N–H and O–H groups in total. The molecule has 2 rings (SSSR count). The fourth-order valence-electron chi connectivity index (χ4n) is 1.19. The molecule has 4 nitrogen and oxygen atoms in total. The Morgan fingerprint density at radius 2 is 2.07 bits per heavy atom. The number of hydrogen-bond acceptors (Lipinski definition) is 3. The summed E-state index contributed by atoms with van der Waals surface area (Å²) in [5, 5.41) is 0. The molecule has 0 saturated heterocycles. The maximum Gasteiger partial charge on any atom is 0.202 e. The number of nitrogens with zero attached hydrogens (tertiary/aromatic N) is 2. The Balaban J connectivity index is 2.10. The molecule has 0 aliphatic rings. The van der Waals surface area contributed by atoms with Crippen LogP contribution in [0.3, 0.4) is 0 Å². The minimum Gasteiger partial charge on any atom is -0.342 e. The van der Waals surface area contributed by atoms with Crippen molar-refractivity contribution in [3.05, 3.63) is 48.3 Å². The molecule has 2 aromatic rings. The highest BCUT2D eigenvalue weighted by Gasteiger charge is 2.08. The maximum absolute atomic E-state index is 11.6. The summed E-state index contributed by atoms with van der Waals surface area (Å²) in [4.78, 5) is 22.1. The lowest BCUT2D eigenvalue weighted by Crippen LogP contribution is -2.05. The SMILES string of the molecule is O=C(Cc1ccncc1)c1ncc[nH]1. The fourth-order valence-corrected chi connectivity index (χ4v) is 1.19. The zero-order valence-electron chi connectivity index (χ0n) is 7.47. The molecule has 0 aliphatic heterocycles. The van der Waals surface area contributed by atoms with Crippen molar-refractivity contribution < 1.29 is 4.79 Å². The number of pyridine rings is 1. The molecule has 2 aromatic heterocycles. The summed E-state index contributed by atoms with van der Waals surface area (Å²) in [7, 11) is 0. The minimum absolute atomic E-state index is 0.0128. The number of nitrogens with one attached hydrogen (secondary N) is 1. The summed E-state index contributed by atoms with van der Waals surface area (Å²) >= 11 is 0. The second-order valence-electron chi connectivity index (χ2n) is 2.89. The first-order chi connectivity index (χ1) is 6.86. The first-order valence-electron chi connectivity index (χ1n) is 4.28. The van der Waals surface area contributed by atoms with Gasteiger partial charge in [0.25, 0.3) is 0 Å². The van der Waals surface area contributed by atoms with E-state index in [1.54, 1.807) is 24.8 Å². The van der Waals surface area contributed by atoms with Gasteiger partial charge in [-0.3, -0.25) is 9.78 Å². The molecule has 0 aliphatic carbocycles. The van der Waals surface area contributed by atoms with Crippen LogP contribution in [0.4, 0.5) is 0 Å². The van der Waals surface area contributed by atoms with E-state index in [1.165, 1.54) is 0 Å². The van der Waals surface area contributed by atoms with E-state index in [-0.39, 0.29) is 5.78 Å². The van der Waals surface area contributed by atoms with Crippen LogP contribution in [0.15, 0.2) is 36.9 Å². The maximum atomic E-state index is 11.6. The lowest BCUT2D eigenvalue weighted by atomic mass is 10.1. The number of imidazole rings is 1. The van der Waals surface area contributed by atoms with Gasteiger partial charge in [0.2, 0.25) is 5.78 Å². The molecule has 70 valence electrons. The molecule has 0 bridgehead atoms. The zero-order valence-corrected chi connectivity index (χ0v) is 7.47. The summed E-state index contributed by atoms with van der Waals surface area (Å²) in [5.41, 5.74) is 0.946. The van der Waals surface area contributed by atoms with Crippen LogP contribution in [0.1, 0.15) is 16.2 Å². The van der Waals surface area contributed by atoms with Gasteiger partial charge in [0, 0.05) is 31.2 Å². The molecule has 4 heteroatoms. The van der Waals surface area contributed by atoms with Crippen molar-refractivity contribution in [2.45, 2.75) is 6.42 Å². The number of carbonyl (C=O) groups excluding carboxylic acids is 1. The van der Waals surface area contributed by atoms with Gasteiger partial charge in [0.05, 0.1) is 0 Å². The van der Waals surface area contributed by atoms with Crippen molar-refractivity contribution >= 4 is 5.78 Å². The highest BCUT2D eigenvalue weighted by Crippen LogP contribution is 2.02. The second kappa shape index (κ2) is 3.83. The van der Waals surface area contributed by atoms with Gasteiger partial charge >= 0.3 is 0 Å². The molecule has 0 aromatic carbocycles. The summed E-state index contributed by atoms with van der Waals surface area (Å²) < 4.78 is 0. The molecule has 0 fully saturated rings. The Labute approximate surface area is 81.0 Å². The van der Waals surface area contributed by atoms with Gasteiger partial charge in [0.1, 0.15) is 0 Å². The lowest BCUT2D eigenvalue weighted by molar-refractivity contribution is 0.0984. The van der Waals surface area contributed by atoms with E-state index in [4.69, 9.17) is 0 Å². The molecular weight excluding hydrogens is 178 g/mol. The third-order valence-corrected chi connectivity index (χ3v) is 1.88. The average Bonchev–Trinajstić information content (AvgIpc) is 2.72. The highest BCUT2D eigenvalue weighted by atomic mass is 16.1. The number of H-pyrrole nitrogens is 1. The molecule has 0 amide bonds. The third kappa shape index (κ3) is 1.85. The Kier molecular flexibility index (Phi) is 2.36. The van der Waals surface area contributed by atoms with Crippen LogP contribution in [0.2, 0.25) is 0 Å². The number of carbonyl (C=O) groups is 1. The molecule has 2 heterocycles. The van der Waals surface area contributed by atoms with Crippen molar-refractivity contribution in [3.8, 4) is 0 Å². The van der Waals surface area contributed by atoms with Gasteiger partial charge in [0.15, 0.2) is 5.82 Å². The molecule has 0 saturated carbocycles. The van der Waals surface area contributed by atoms with Crippen LogP contribution >= 0.6 is 0 Å². The Morgan fingerprint density at radius 3 is 2.71 bits per heavy atom. The first kappa shape index (κ1) is 8.62. The van der Waals surface area contributed by atoms with E-state index in [2.05, 4.69) is 15.0 Å². The van der Waals surface area contributed by atoms with E-state index in [1.807, 2.05) is 12.1 Å². The first-order valence-corrected chi connectivity index (χ1v) is 4.28. The van der Waals surface area contributed by atoms with E-state index in [9.17, 15) is 4.79 Å². The predicted molar refractivity (Wildman–Crippen MR) is 50.9 cm³/mol. The highest BCUT2D eigenvalue weighted by molar-refractivity contribution is 5.94. The van der Waals surface area contributed by atoms with Gasteiger partial charge < -0.3 is 4.98 Å². The zero-order chi connectivity index (χ0) is 9.80. The summed E-state index contributed by atoms with van der Waals surface area (Å²) in [5.74, 6) is 0.392. The number of aromatic amines is 1. The summed E-state index contributed by atoms with van der Waals surface area (Å²) in [6, 6.07) is 3.64. The van der Waals surface area contributed by atoms with E-state index < -0.39 is 0 Å². The van der Waals surface area contributed by atoms with E-state index in [0.717, 1.165) is 5.56 Å².